The number of carbonyl (C=O) groups excluding carboxylic acids is 1. The third kappa shape index (κ3) is 3.91. The number of nitrogens with one attached hydrogen (secondary N) is 1. The van der Waals surface area contributed by atoms with Crippen LogP contribution in [0.15, 0.2) is 54.9 Å². The van der Waals surface area contributed by atoms with E-state index in [-0.39, 0.29) is 12.5 Å². The molecule has 1 atom stereocenters. The Morgan fingerprint density at radius 2 is 1.96 bits per heavy atom. The fourth-order valence-corrected chi connectivity index (χ4v) is 2.95. The predicted octanol–water partition coefficient (Wildman–Crippen LogP) is 2.73. The van der Waals surface area contributed by atoms with Crippen molar-refractivity contribution < 1.29 is 14.7 Å². The van der Waals surface area contributed by atoms with Gasteiger partial charge in [0.15, 0.2) is 0 Å². The molecule has 3 aromatic rings. The van der Waals surface area contributed by atoms with Crippen LogP contribution in [0.25, 0.3) is 10.8 Å². The van der Waals surface area contributed by atoms with Gasteiger partial charge in [-0.2, -0.15) is 5.10 Å². The predicted molar refractivity (Wildman–Crippen MR) is 99.0 cm³/mol. The Labute approximate surface area is 151 Å². The summed E-state index contributed by atoms with van der Waals surface area (Å²) < 4.78 is 1.65. The summed E-state index contributed by atoms with van der Waals surface area (Å²) in [5.74, 6) is -1.94. The SMILES string of the molecule is CCn1cc(C(=O)NCC(Cc2cccc3ccccc23)C(=O)O)cn1. The Kier molecular flexibility index (Phi) is 5.31. The van der Waals surface area contributed by atoms with E-state index < -0.39 is 11.9 Å². The number of aryl methyl sites for hydroxylation is 1. The van der Waals surface area contributed by atoms with Crippen molar-refractivity contribution in [2.24, 2.45) is 5.92 Å². The summed E-state index contributed by atoms with van der Waals surface area (Å²) in [4.78, 5) is 23.9. The van der Waals surface area contributed by atoms with Crippen LogP contribution in [0.1, 0.15) is 22.8 Å². The quantitative estimate of drug-likeness (QED) is 0.685. The lowest BCUT2D eigenvalue weighted by atomic mass is 9.94. The Bertz CT molecular complexity index is 927. The molecule has 6 heteroatoms. The second kappa shape index (κ2) is 7.82. The molecule has 3 rings (SSSR count). The number of carboxylic acids is 1. The molecule has 0 saturated heterocycles. The molecule has 0 aliphatic carbocycles. The maximum atomic E-state index is 12.2. The van der Waals surface area contributed by atoms with Gasteiger partial charge in [-0.05, 0) is 29.7 Å². The Morgan fingerprint density at radius 3 is 2.69 bits per heavy atom. The van der Waals surface area contributed by atoms with Gasteiger partial charge >= 0.3 is 5.97 Å². The van der Waals surface area contributed by atoms with Crippen molar-refractivity contribution in [2.75, 3.05) is 6.54 Å². The molecule has 0 radical (unpaired) electrons. The van der Waals surface area contributed by atoms with E-state index in [1.165, 1.54) is 6.20 Å². The van der Waals surface area contributed by atoms with Gasteiger partial charge in [-0.25, -0.2) is 0 Å². The molecular formula is C20H21N3O3. The molecule has 0 saturated carbocycles. The smallest absolute Gasteiger partial charge is 0.308 e. The van der Waals surface area contributed by atoms with Crippen LogP contribution in [0.2, 0.25) is 0 Å². The average Bonchev–Trinajstić information content (AvgIpc) is 3.14. The van der Waals surface area contributed by atoms with Crippen LogP contribution >= 0.6 is 0 Å². The standard InChI is InChI=1S/C20H21N3O3/c1-2-23-13-17(12-22-23)19(24)21-11-16(20(25)26)10-15-8-5-7-14-6-3-4-9-18(14)15/h3-9,12-13,16H,2,10-11H2,1H3,(H,21,24)(H,25,26). The van der Waals surface area contributed by atoms with Crippen molar-refractivity contribution in [2.45, 2.75) is 19.9 Å². The summed E-state index contributed by atoms with van der Waals surface area (Å²) in [7, 11) is 0. The van der Waals surface area contributed by atoms with Crippen LogP contribution in [0.3, 0.4) is 0 Å². The molecule has 0 aliphatic rings. The van der Waals surface area contributed by atoms with Gasteiger partial charge in [-0.3, -0.25) is 14.3 Å². The van der Waals surface area contributed by atoms with E-state index in [9.17, 15) is 14.7 Å². The third-order valence-corrected chi connectivity index (χ3v) is 4.42. The second-order valence-electron chi connectivity index (χ2n) is 6.17. The zero-order valence-corrected chi connectivity index (χ0v) is 14.6. The summed E-state index contributed by atoms with van der Waals surface area (Å²) in [5, 5.41) is 18.4. The molecular weight excluding hydrogens is 330 g/mol. The minimum absolute atomic E-state index is 0.0642. The van der Waals surface area contributed by atoms with E-state index in [4.69, 9.17) is 0 Å². The lowest BCUT2D eigenvalue weighted by molar-refractivity contribution is -0.141. The van der Waals surface area contributed by atoms with Crippen molar-refractivity contribution in [3.8, 4) is 0 Å². The van der Waals surface area contributed by atoms with Gasteiger partial charge in [0, 0.05) is 19.3 Å². The van der Waals surface area contributed by atoms with Crippen LogP contribution in [-0.2, 0) is 17.8 Å². The molecule has 1 unspecified atom stereocenters. The van der Waals surface area contributed by atoms with Crippen LogP contribution in [-0.4, -0.2) is 33.3 Å². The van der Waals surface area contributed by atoms with Crippen LogP contribution in [0, 0.1) is 5.92 Å². The molecule has 1 aromatic heterocycles. The number of carboxylic acid groups (broad SMARTS) is 1. The number of aromatic nitrogens is 2. The van der Waals surface area contributed by atoms with E-state index in [0.717, 1.165) is 16.3 Å². The lowest BCUT2D eigenvalue weighted by Gasteiger charge is -2.15. The van der Waals surface area contributed by atoms with Crippen LogP contribution < -0.4 is 5.32 Å². The highest BCUT2D eigenvalue weighted by Crippen LogP contribution is 2.21. The van der Waals surface area contributed by atoms with Gasteiger partial charge in [-0.1, -0.05) is 42.5 Å². The van der Waals surface area contributed by atoms with E-state index >= 15 is 0 Å². The molecule has 0 bridgehead atoms. The number of benzene rings is 2. The molecule has 1 amide bonds. The Morgan fingerprint density at radius 1 is 1.19 bits per heavy atom. The summed E-state index contributed by atoms with van der Waals surface area (Å²) in [6.45, 7) is 2.67. The van der Waals surface area contributed by atoms with E-state index in [1.54, 1.807) is 10.9 Å². The van der Waals surface area contributed by atoms with Gasteiger partial charge < -0.3 is 10.4 Å². The van der Waals surface area contributed by atoms with E-state index in [2.05, 4.69) is 10.4 Å². The summed E-state index contributed by atoms with van der Waals surface area (Å²) in [5.41, 5.74) is 1.39. The molecule has 0 aliphatic heterocycles. The maximum Gasteiger partial charge on any atom is 0.308 e. The summed E-state index contributed by atoms with van der Waals surface area (Å²) in [6.07, 6.45) is 3.49. The molecule has 2 N–H and O–H groups in total. The molecule has 2 aromatic carbocycles. The van der Waals surface area contributed by atoms with Crippen LogP contribution in [0.4, 0.5) is 0 Å². The largest absolute Gasteiger partial charge is 0.481 e. The van der Waals surface area contributed by atoms with E-state index in [1.807, 2.05) is 49.4 Å². The zero-order valence-electron chi connectivity index (χ0n) is 14.6. The van der Waals surface area contributed by atoms with Gasteiger partial charge in [-0.15, -0.1) is 0 Å². The number of aliphatic carboxylic acids is 1. The van der Waals surface area contributed by atoms with Crippen molar-refractivity contribution in [3.05, 3.63) is 66.0 Å². The first-order valence-corrected chi connectivity index (χ1v) is 8.58. The molecule has 134 valence electrons. The number of rotatable bonds is 7. The first-order valence-electron chi connectivity index (χ1n) is 8.58. The topological polar surface area (TPSA) is 84.2 Å². The first-order chi connectivity index (χ1) is 12.6. The van der Waals surface area contributed by atoms with Gasteiger partial charge in [0.1, 0.15) is 0 Å². The monoisotopic (exact) mass is 351 g/mol. The highest BCUT2D eigenvalue weighted by Gasteiger charge is 2.20. The lowest BCUT2D eigenvalue weighted by Crippen LogP contribution is -2.34. The highest BCUT2D eigenvalue weighted by molar-refractivity contribution is 5.94. The summed E-state index contributed by atoms with van der Waals surface area (Å²) in [6, 6.07) is 13.7. The molecule has 6 nitrogen and oxygen atoms in total. The molecule has 0 spiro atoms. The van der Waals surface area contributed by atoms with Crippen molar-refractivity contribution in [1.29, 1.82) is 0 Å². The molecule has 1 heterocycles. The van der Waals surface area contributed by atoms with Gasteiger partial charge in [0.2, 0.25) is 0 Å². The average molecular weight is 351 g/mol. The van der Waals surface area contributed by atoms with Gasteiger partial charge in [0.05, 0.1) is 17.7 Å². The summed E-state index contributed by atoms with van der Waals surface area (Å²) >= 11 is 0. The normalized spacial score (nSPS) is 12.0. The Balaban J connectivity index is 1.71. The number of hydrogen-bond acceptors (Lipinski definition) is 3. The fourth-order valence-electron chi connectivity index (χ4n) is 2.95. The van der Waals surface area contributed by atoms with Crippen LogP contribution in [0.5, 0.6) is 0 Å². The van der Waals surface area contributed by atoms with Crippen molar-refractivity contribution in [1.82, 2.24) is 15.1 Å². The third-order valence-electron chi connectivity index (χ3n) is 4.42. The minimum Gasteiger partial charge on any atom is -0.481 e. The maximum absolute atomic E-state index is 12.2. The molecule has 0 fully saturated rings. The van der Waals surface area contributed by atoms with Gasteiger partial charge in [0.25, 0.3) is 5.91 Å². The van der Waals surface area contributed by atoms with Crippen molar-refractivity contribution in [3.63, 3.8) is 0 Å². The second-order valence-corrected chi connectivity index (χ2v) is 6.17. The first kappa shape index (κ1) is 17.7. The number of carbonyl (C=O) groups is 2. The highest BCUT2D eigenvalue weighted by atomic mass is 16.4. The van der Waals surface area contributed by atoms with Crippen molar-refractivity contribution >= 4 is 22.6 Å². The minimum atomic E-state index is -0.928. The molecule has 26 heavy (non-hydrogen) atoms. The zero-order chi connectivity index (χ0) is 18.5. The fraction of sp³-hybridized carbons (Fsp3) is 0.250. The number of fused-ring (bicyclic) bond motifs is 1. The van der Waals surface area contributed by atoms with E-state index in [0.29, 0.717) is 18.5 Å². The number of hydrogen-bond donors (Lipinski definition) is 2. The number of nitrogens with zero attached hydrogens (tertiary/aromatic N) is 2. The Hall–Kier alpha value is -3.15. The number of amides is 1.